The molecule has 0 unspecified atom stereocenters. The summed E-state index contributed by atoms with van der Waals surface area (Å²) in [4.78, 5) is 5.02. The van der Waals surface area contributed by atoms with Gasteiger partial charge in [0, 0.05) is 18.0 Å². The van der Waals surface area contributed by atoms with Crippen molar-refractivity contribution >= 4 is 10.0 Å². The van der Waals surface area contributed by atoms with Crippen LogP contribution in [0.5, 0.6) is 5.75 Å². The average Bonchev–Trinajstić information content (AvgIpc) is 2.67. The SMILES string of the molecule is COc1cccc(C2(CNS(C)(=O)=O)CCN(C3CCN(C)CC3)CC2)c1. The first kappa shape index (κ1) is 20.6. The van der Waals surface area contributed by atoms with Gasteiger partial charge in [0.25, 0.3) is 0 Å². The summed E-state index contributed by atoms with van der Waals surface area (Å²) in [6, 6.07) is 8.77. The highest BCUT2D eigenvalue weighted by molar-refractivity contribution is 7.88. The van der Waals surface area contributed by atoms with Crippen molar-refractivity contribution in [2.24, 2.45) is 0 Å². The minimum Gasteiger partial charge on any atom is -0.497 e. The van der Waals surface area contributed by atoms with Crippen LogP contribution >= 0.6 is 0 Å². The van der Waals surface area contributed by atoms with Gasteiger partial charge in [-0.1, -0.05) is 12.1 Å². The number of rotatable bonds is 6. The molecule has 0 atom stereocenters. The quantitative estimate of drug-likeness (QED) is 0.794. The van der Waals surface area contributed by atoms with Crippen molar-refractivity contribution < 1.29 is 13.2 Å². The van der Waals surface area contributed by atoms with E-state index in [0.717, 1.165) is 44.8 Å². The Morgan fingerprint density at radius 1 is 1.19 bits per heavy atom. The summed E-state index contributed by atoms with van der Waals surface area (Å²) < 4.78 is 31.7. The molecule has 2 fully saturated rings. The van der Waals surface area contributed by atoms with Crippen LogP contribution < -0.4 is 9.46 Å². The average molecular weight is 396 g/mol. The molecular formula is C20H33N3O3S. The molecule has 152 valence electrons. The van der Waals surface area contributed by atoms with E-state index in [9.17, 15) is 8.42 Å². The summed E-state index contributed by atoms with van der Waals surface area (Å²) in [5, 5.41) is 0. The minimum atomic E-state index is -3.23. The van der Waals surface area contributed by atoms with Gasteiger partial charge >= 0.3 is 0 Å². The summed E-state index contributed by atoms with van der Waals surface area (Å²) in [6.07, 6.45) is 5.60. The molecule has 0 spiro atoms. The van der Waals surface area contributed by atoms with E-state index < -0.39 is 10.0 Å². The van der Waals surface area contributed by atoms with Crippen molar-refractivity contribution in [2.75, 3.05) is 53.1 Å². The van der Waals surface area contributed by atoms with Gasteiger partial charge in [-0.3, -0.25) is 0 Å². The molecule has 1 aromatic rings. The number of hydrogen-bond donors (Lipinski definition) is 1. The van der Waals surface area contributed by atoms with Crippen LogP contribution in [0.3, 0.4) is 0 Å². The number of sulfonamides is 1. The number of nitrogens with zero attached hydrogens (tertiary/aromatic N) is 2. The van der Waals surface area contributed by atoms with E-state index in [4.69, 9.17) is 4.74 Å². The van der Waals surface area contributed by atoms with Gasteiger partial charge in [-0.25, -0.2) is 13.1 Å². The molecule has 2 aliphatic rings. The first-order chi connectivity index (χ1) is 12.8. The molecule has 1 aromatic carbocycles. The molecule has 0 radical (unpaired) electrons. The molecule has 2 saturated heterocycles. The topological polar surface area (TPSA) is 61.9 Å². The van der Waals surface area contributed by atoms with E-state index in [-0.39, 0.29) is 5.41 Å². The van der Waals surface area contributed by atoms with Crippen molar-refractivity contribution in [3.63, 3.8) is 0 Å². The van der Waals surface area contributed by atoms with E-state index >= 15 is 0 Å². The van der Waals surface area contributed by atoms with Gasteiger partial charge < -0.3 is 14.5 Å². The third-order valence-corrected chi connectivity index (χ3v) is 6.98. The third kappa shape index (κ3) is 5.22. The Balaban J connectivity index is 1.76. The molecule has 0 bridgehead atoms. The first-order valence-electron chi connectivity index (χ1n) is 9.83. The second-order valence-corrected chi connectivity index (χ2v) is 10.0. The standard InChI is InChI=1S/C20H33N3O3S/c1-22-11-7-18(8-12-22)23-13-9-20(10-14-23,16-21-27(3,24)25)17-5-4-6-19(15-17)26-2/h4-6,15,18,21H,7-14,16H2,1-3H3. The van der Waals surface area contributed by atoms with Crippen LogP contribution in [-0.4, -0.2) is 77.4 Å². The second-order valence-electron chi connectivity index (χ2n) is 8.18. The molecule has 0 aliphatic carbocycles. The van der Waals surface area contributed by atoms with Gasteiger partial charge in [0.2, 0.25) is 10.0 Å². The zero-order valence-electron chi connectivity index (χ0n) is 16.8. The van der Waals surface area contributed by atoms with Crippen LogP contribution in [0.25, 0.3) is 0 Å². The summed E-state index contributed by atoms with van der Waals surface area (Å²) >= 11 is 0. The Hall–Kier alpha value is -1.15. The van der Waals surface area contributed by atoms with Gasteiger partial charge in [0.15, 0.2) is 0 Å². The zero-order valence-corrected chi connectivity index (χ0v) is 17.6. The predicted molar refractivity (Wildman–Crippen MR) is 109 cm³/mol. The summed E-state index contributed by atoms with van der Waals surface area (Å²) in [5.41, 5.74) is 0.987. The van der Waals surface area contributed by atoms with Crippen LogP contribution in [-0.2, 0) is 15.4 Å². The number of hydrogen-bond acceptors (Lipinski definition) is 5. The smallest absolute Gasteiger partial charge is 0.208 e. The van der Waals surface area contributed by atoms with E-state index in [2.05, 4.69) is 33.7 Å². The maximum atomic E-state index is 11.8. The number of nitrogens with one attached hydrogen (secondary N) is 1. The summed E-state index contributed by atoms with van der Waals surface area (Å²) in [7, 11) is 0.636. The molecule has 0 aromatic heterocycles. The fourth-order valence-corrected chi connectivity index (χ4v) is 5.01. The van der Waals surface area contributed by atoms with Gasteiger partial charge in [-0.05, 0) is 76.6 Å². The number of methoxy groups -OCH3 is 1. The van der Waals surface area contributed by atoms with Crippen molar-refractivity contribution in [1.29, 1.82) is 0 Å². The van der Waals surface area contributed by atoms with Gasteiger partial charge in [0.05, 0.1) is 13.4 Å². The Morgan fingerprint density at radius 2 is 1.85 bits per heavy atom. The summed E-state index contributed by atoms with van der Waals surface area (Å²) in [5.74, 6) is 0.823. The molecule has 7 heteroatoms. The molecule has 0 amide bonds. The lowest BCUT2D eigenvalue weighted by atomic mass is 9.72. The highest BCUT2D eigenvalue weighted by atomic mass is 32.2. The highest BCUT2D eigenvalue weighted by Gasteiger charge is 2.39. The third-order valence-electron chi connectivity index (χ3n) is 6.31. The maximum absolute atomic E-state index is 11.8. The lowest BCUT2D eigenvalue weighted by Gasteiger charge is -2.46. The normalized spacial score (nSPS) is 22.6. The first-order valence-corrected chi connectivity index (χ1v) is 11.7. The van der Waals surface area contributed by atoms with E-state index in [0.29, 0.717) is 12.6 Å². The van der Waals surface area contributed by atoms with Gasteiger partial charge in [-0.15, -0.1) is 0 Å². The van der Waals surface area contributed by atoms with Crippen LogP contribution in [0.4, 0.5) is 0 Å². The van der Waals surface area contributed by atoms with Crippen molar-refractivity contribution in [1.82, 2.24) is 14.5 Å². The van der Waals surface area contributed by atoms with Crippen LogP contribution in [0.1, 0.15) is 31.2 Å². The van der Waals surface area contributed by atoms with Crippen LogP contribution in [0, 0.1) is 0 Å². The molecular weight excluding hydrogens is 362 g/mol. The molecule has 2 aliphatic heterocycles. The predicted octanol–water partition coefficient (Wildman–Crippen LogP) is 1.67. The molecule has 2 heterocycles. The van der Waals surface area contributed by atoms with Crippen LogP contribution in [0.2, 0.25) is 0 Å². The lowest BCUT2D eigenvalue weighted by molar-refractivity contribution is 0.0756. The molecule has 6 nitrogen and oxygen atoms in total. The minimum absolute atomic E-state index is 0.181. The fourth-order valence-electron chi connectivity index (χ4n) is 4.47. The number of likely N-dealkylation sites (tertiary alicyclic amines) is 2. The van der Waals surface area contributed by atoms with Crippen molar-refractivity contribution in [3.05, 3.63) is 29.8 Å². The monoisotopic (exact) mass is 395 g/mol. The molecule has 27 heavy (non-hydrogen) atoms. The fraction of sp³-hybridized carbons (Fsp3) is 0.700. The highest BCUT2D eigenvalue weighted by Crippen LogP contribution is 2.38. The Kier molecular flexibility index (Phi) is 6.46. The van der Waals surface area contributed by atoms with Crippen LogP contribution in [0.15, 0.2) is 24.3 Å². The number of piperidine rings is 2. The summed E-state index contributed by atoms with van der Waals surface area (Å²) in [6.45, 7) is 4.80. The van der Waals surface area contributed by atoms with E-state index in [1.54, 1.807) is 7.11 Å². The number of benzene rings is 1. The largest absolute Gasteiger partial charge is 0.497 e. The number of ether oxygens (including phenoxy) is 1. The van der Waals surface area contributed by atoms with Crippen molar-refractivity contribution in [2.45, 2.75) is 37.1 Å². The Bertz CT molecular complexity index is 722. The Morgan fingerprint density at radius 3 is 2.44 bits per heavy atom. The van der Waals surface area contributed by atoms with E-state index in [1.807, 2.05) is 12.1 Å². The second kappa shape index (κ2) is 8.47. The Labute approximate surface area is 163 Å². The molecule has 3 rings (SSSR count). The maximum Gasteiger partial charge on any atom is 0.208 e. The molecule has 0 saturated carbocycles. The molecule has 1 N–H and O–H groups in total. The zero-order chi connectivity index (χ0) is 19.5. The van der Waals surface area contributed by atoms with Gasteiger partial charge in [0.1, 0.15) is 5.75 Å². The lowest BCUT2D eigenvalue weighted by Crippen LogP contribution is -2.53. The van der Waals surface area contributed by atoms with E-state index in [1.165, 1.54) is 24.7 Å². The van der Waals surface area contributed by atoms with Gasteiger partial charge in [-0.2, -0.15) is 0 Å². The van der Waals surface area contributed by atoms with Crippen molar-refractivity contribution in [3.8, 4) is 5.75 Å².